The van der Waals surface area contributed by atoms with Gasteiger partial charge in [0.1, 0.15) is 0 Å². The van der Waals surface area contributed by atoms with E-state index >= 15 is 0 Å². The van der Waals surface area contributed by atoms with Crippen molar-refractivity contribution in [3.63, 3.8) is 0 Å². The molecule has 0 atom stereocenters. The molecule has 0 aliphatic carbocycles. The van der Waals surface area contributed by atoms with Crippen LogP contribution in [0, 0.1) is 0 Å². The molecule has 2 heterocycles. The molecular formula is C9H9Cl2N3O2. The summed E-state index contributed by atoms with van der Waals surface area (Å²) in [6.45, 7) is 0. The monoisotopic (exact) mass is 261 g/mol. The number of aromatic nitrogens is 3. The van der Waals surface area contributed by atoms with Crippen LogP contribution in [0.5, 0.6) is 0 Å². The van der Waals surface area contributed by atoms with E-state index in [1.807, 2.05) is 0 Å². The molecule has 0 bridgehead atoms. The Labute approximate surface area is 104 Å². The summed E-state index contributed by atoms with van der Waals surface area (Å²) < 4.78 is 1.47. The van der Waals surface area contributed by atoms with Crippen LogP contribution in [-0.2, 0) is 0 Å². The SMILES string of the molecule is Cl.Cl.O=C(O)c1cncn1-c1cccnc1. The van der Waals surface area contributed by atoms with E-state index in [-0.39, 0.29) is 30.5 Å². The molecule has 1 N–H and O–H groups in total. The first-order valence-corrected chi connectivity index (χ1v) is 3.95. The van der Waals surface area contributed by atoms with Crippen LogP contribution in [0.1, 0.15) is 10.5 Å². The summed E-state index contributed by atoms with van der Waals surface area (Å²) in [6, 6.07) is 3.50. The standard InChI is InChI=1S/C9H7N3O2.2ClH/c13-9(14)8-5-11-6-12(8)7-2-1-3-10-4-7;;/h1-6H,(H,13,14);2*1H. The van der Waals surface area contributed by atoms with E-state index < -0.39 is 5.97 Å². The number of imidazole rings is 1. The van der Waals surface area contributed by atoms with Crippen LogP contribution < -0.4 is 0 Å². The Balaban J connectivity index is 0.00000112. The number of carboxylic acids is 1. The van der Waals surface area contributed by atoms with E-state index in [2.05, 4.69) is 9.97 Å². The van der Waals surface area contributed by atoms with Gasteiger partial charge in [0.2, 0.25) is 0 Å². The number of nitrogens with zero attached hydrogens (tertiary/aromatic N) is 3. The molecule has 2 rings (SSSR count). The number of carboxylic acid groups (broad SMARTS) is 1. The molecule has 0 saturated heterocycles. The molecule has 0 aliphatic rings. The molecule has 5 nitrogen and oxygen atoms in total. The van der Waals surface area contributed by atoms with Gasteiger partial charge in [0.05, 0.1) is 24.4 Å². The Morgan fingerprint density at radius 3 is 2.56 bits per heavy atom. The highest BCUT2D eigenvalue weighted by Gasteiger charge is 2.10. The fraction of sp³-hybridized carbons (Fsp3) is 0. The summed E-state index contributed by atoms with van der Waals surface area (Å²) in [5.41, 5.74) is 0.806. The van der Waals surface area contributed by atoms with Gasteiger partial charge in [0.25, 0.3) is 0 Å². The Hall–Kier alpha value is -1.59. The average molecular weight is 262 g/mol. The third-order valence-electron chi connectivity index (χ3n) is 1.78. The van der Waals surface area contributed by atoms with Crippen molar-refractivity contribution in [3.05, 3.63) is 42.7 Å². The smallest absolute Gasteiger partial charge is 0.354 e. The molecule has 0 aromatic carbocycles. The first-order valence-electron chi connectivity index (χ1n) is 3.95. The zero-order valence-electron chi connectivity index (χ0n) is 7.98. The van der Waals surface area contributed by atoms with Gasteiger partial charge in [-0.1, -0.05) is 0 Å². The molecule has 0 aliphatic heterocycles. The van der Waals surface area contributed by atoms with Crippen LogP contribution in [0.4, 0.5) is 0 Å². The normalized spacial score (nSPS) is 8.75. The van der Waals surface area contributed by atoms with E-state index in [0.29, 0.717) is 5.69 Å². The van der Waals surface area contributed by atoms with Gasteiger partial charge in [-0.05, 0) is 12.1 Å². The topological polar surface area (TPSA) is 68.0 Å². The predicted octanol–water partition coefficient (Wildman–Crippen LogP) is 1.81. The van der Waals surface area contributed by atoms with Gasteiger partial charge in [-0.3, -0.25) is 9.55 Å². The maximum atomic E-state index is 10.8. The molecule has 2 aromatic rings. The van der Waals surface area contributed by atoms with E-state index in [1.165, 1.54) is 17.1 Å². The third-order valence-corrected chi connectivity index (χ3v) is 1.78. The minimum Gasteiger partial charge on any atom is -0.477 e. The lowest BCUT2D eigenvalue weighted by Gasteiger charge is -2.02. The molecule has 0 unspecified atom stereocenters. The molecule has 86 valence electrons. The molecule has 7 heteroatoms. The minimum atomic E-state index is -1.01. The van der Waals surface area contributed by atoms with Crippen molar-refractivity contribution >= 4 is 30.8 Å². The van der Waals surface area contributed by atoms with Crippen molar-refractivity contribution < 1.29 is 9.90 Å². The highest BCUT2D eigenvalue weighted by molar-refractivity contribution is 5.86. The second kappa shape index (κ2) is 6.09. The predicted molar refractivity (Wildman–Crippen MR) is 62.8 cm³/mol. The molecule has 0 saturated carbocycles. The zero-order valence-corrected chi connectivity index (χ0v) is 9.61. The number of aromatic carboxylic acids is 1. The number of carbonyl (C=O) groups is 1. The highest BCUT2D eigenvalue weighted by Crippen LogP contribution is 2.08. The van der Waals surface area contributed by atoms with Gasteiger partial charge >= 0.3 is 5.97 Å². The minimum absolute atomic E-state index is 0. The van der Waals surface area contributed by atoms with Crippen molar-refractivity contribution in [3.8, 4) is 5.69 Å². The fourth-order valence-electron chi connectivity index (χ4n) is 1.16. The number of hydrogen-bond donors (Lipinski definition) is 1. The molecule has 0 amide bonds. The van der Waals surface area contributed by atoms with E-state index in [9.17, 15) is 4.79 Å². The number of halogens is 2. The van der Waals surface area contributed by atoms with Crippen LogP contribution in [0.15, 0.2) is 37.1 Å². The lowest BCUT2D eigenvalue weighted by Crippen LogP contribution is -2.05. The average Bonchev–Trinajstić information content (AvgIpc) is 2.67. The molecule has 0 spiro atoms. The van der Waals surface area contributed by atoms with E-state index in [1.54, 1.807) is 24.5 Å². The van der Waals surface area contributed by atoms with Crippen molar-refractivity contribution in [2.24, 2.45) is 0 Å². The van der Waals surface area contributed by atoms with Crippen molar-refractivity contribution in [2.75, 3.05) is 0 Å². The van der Waals surface area contributed by atoms with Gasteiger partial charge in [0, 0.05) is 6.20 Å². The summed E-state index contributed by atoms with van der Waals surface area (Å²) in [4.78, 5) is 18.4. The lowest BCUT2D eigenvalue weighted by atomic mass is 10.4. The lowest BCUT2D eigenvalue weighted by molar-refractivity contribution is 0.0688. The van der Waals surface area contributed by atoms with Crippen LogP contribution in [0.25, 0.3) is 5.69 Å². The van der Waals surface area contributed by atoms with E-state index in [0.717, 1.165) is 0 Å². The molecule has 16 heavy (non-hydrogen) atoms. The largest absolute Gasteiger partial charge is 0.477 e. The van der Waals surface area contributed by atoms with Crippen LogP contribution in [-0.4, -0.2) is 25.6 Å². The van der Waals surface area contributed by atoms with Gasteiger partial charge in [-0.25, -0.2) is 9.78 Å². The highest BCUT2D eigenvalue weighted by atomic mass is 35.5. The molecule has 2 aromatic heterocycles. The number of pyridine rings is 1. The summed E-state index contributed by atoms with van der Waals surface area (Å²) in [7, 11) is 0. The summed E-state index contributed by atoms with van der Waals surface area (Å²) >= 11 is 0. The summed E-state index contributed by atoms with van der Waals surface area (Å²) in [5.74, 6) is -1.01. The van der Waals surface area contributed by atoms with Crippen LogP contribution in [0.3, 0.4) is 0 Å². The van der Waals surface area contributed by atoms with Gasteiger partial charge in [-0.2, -0.15) is 0 Å². The second-order valence-corrected chi connectivity index (χ2v) is 2.67. The van der Waals surface area contributed by atoms with Crippen molar-refractivity contribution in [1.82, 2.24) is 14.5 Å². The Bertz CT molecular complexity index is 459. The quantitative estimate of drug-likeness (QED) is 0.896. The van der Waals surface area contributed by atoms with E-state index in [4.69, 9.17) is 5.11 Å². The van der Waals surface area contributed by atoms with Crippen molar-refractivity contribution in [1.29, 1.82) is 0 Å². The Kier molecular flexibility index (Phi) is 5.49. The first kappa shape index (κ1) is 14.4. The first-order chi connectivity index (χ1) is 6.79. The van der Waals surface area contributed by atoms with Crippen LogP contribution >= 0.6 is 24.8 Å². The zero-order chi connectivity index (χ0) is 9.97. The summed E-state index contributed by atoms with van der Waals surface area (Å²) in [6.07, 6.45) is 5.95. The van der Waals surface area contributed by atoms with Gasteiger partial charge in [0.15, 0.2) is 5.69 Å². The van der Waals surface area contributed by atoms with Gasteiger partial charge < -0.3 is 5.11 Å². The second-order valence-electron chi connectivity index (χ2n) is 2.67. The number of hydrogen-bond acceptors (Lipinski definition) is 3. The third kappa shape index (κ3) is 2.71. The number of rotatable bonds is 2. The maximum Gasteiger partial charge on any atom is 0.354 e. The Morgan fingerprint density at radius 1 is 1.25 bits per heavy atom. The maximum absolute atomic E-state index is 10.8. The van der Waals surface area contributed by atoms with Crippen molar-refractivity contribution in [2.45, 2.75) is 0 Å². The van der Waals surface area contributed by atoms with Gasteiger partial charge in [-0.15, -0.1) is 24.8 Å². The molecular weight excluding hydrogens is 253 g/mol. The molecule has 0 radical (unpaired) electrons. The Morgan fingerprint density at radius 2 is 2.00 bits per heavy atom. The van der Waals surface area contributed by atoms with Crippen LogP contribution in [0.2, 0.25) is 0 Å². The fourth-order valence-corrected chi connectivity index (χ4v) is 1.16. The summed E-state index contributed by atoms with van der Waals surface area (Å²) in [5, 5.41) is 8.83. The molecule has 0 fully saturated rings.